The number of benzene rings is 1. The van der Waals surface area contributed by atoms with E-state index in [4.69, 9.17) is 5.11 Å². The molecular weight excluding hydrogens is 321 g/mol. The van der Waals surface area contributed by atoms with E-state index in [0.717, 1.165) is 6.92 Å². The van der Waals surface area contributed by atoms with Gasteiger partial charge in [-0.05, 0) is 12.1 Å². The SMILES string of the molecule is CCN(CC(F)(F)F)S(=O)(=O)c1ccc(F)c(CO)c1F. The third-order valence-corrected chi connectivity index (χ3v) is 4.57. The summed E-state index contributed by atoms with van der Waals surface area (Å²) < 4.78 is 88.2. The van der Waals surface area contributed by atoms with Gasteiger partial charge in [0.15, 0.2) is 5.82 Å². The van der Waals surface area contributed by atoms with Crippen molar-refractivity contribution >= 4 is 10.0 Å². The molecule has 10 heteroatoms. The van der Waals surface area contributed by atoms with Gasteiger partial charge in [-0.3, -0.25) is 0 Å². The number of aliphatic hydroxyl groups is 1. The standard InChI is InChI=1S/C11H12F5NO3S/c1-2-17(6-11(14,15)16)21(19,20)9-4-3-8(12)7(5-18)10(9)13/h3-4,18H,2,5-6H2,1H3. The number of hydrogen-bond acceptors (Lipinski definition) is 3. The lowest BCUT2D eigenvalue weighted by Crippen LogP contribution is -2.39. The van der Waals surface area contributed by atoms with Gasteiger partial charge in [-0.15, -0.1) is 0 Å². The van der Waals surface area contributed by atoms with Gasteiger partial charge in [-0.1, -0.05) is 6.92 Å². The highest BCUT2D eigenvalue weighted by atomic mass is 32.2. The first-order valence-electron chi connectivity index (χ1n) is 5.69. The Kier molecular flexibility index (Phi) is 5.29. The fraction of sp³-hybridized carbons (Fsp3) is 0.455. The van der Waals surface area contributed by atoms with Crippen LogP contribution in [0, 0.1) is 11.6 Å². The van der Waals surface area contributed by atoms with Crippen molar-refractivity contribution in [3.8, 4) is 0 Å². The molecule has 1 aromatic rings. The monoisotopic (exact) mass is 333 g/mol. The van der Waals surface area contributed by atoms with Crippen molar-refractivity contribution < 1.29 is 35.5 Å². The maximum atomic E-state index is 13.9. The first-order valence-corrected chi connectivity index (χ1v) is 7.13. The van der Waals surface area contributed by atoms with Gasteiger partial charge in [0.1, 0.15) is 17.3 Å². The lowest BCUT2D eigenvalue weighted by molar-refractivity contribution is -0.135. The molecule has 0 atom stereocenters. The summed E-state index contributed by atoms with van der Waals surface area (Å²) in [6.45, 7) is -2.31. The number of halogens is 5. The van der Waals surface area contributed by atoms with Crippen LogP contribution in [0.1, 0.15) is 12.5 Å². The molecule has 0 saturated heterocycles. The van der Waals surface area contributed by atoms with Gasteiger partial charge in [0, 0.05) is 6.54 Å². The number of rotatable bonds is 5. The van der Waals surface area contributed by atoms with Crippen LogP contribution in [-0.4, -0.2) is 37.1 Å². The maximum absolute atomic E-state index is 13.9. The molecule has 0 fully saturated rings. The maximum Gasteiger partial charge on any atom is 0.402 e. The average Bonchev–Trinajstić information content (AvgIpc) is 2.34. The third kappa shape index (κ3) is 3.89. The molecule has 0 aromatic heterocycles. The van der Waals surface area contributed by atoms with Crippen molar-refractivity contribution in [2.24, 2.45) is 0 Å². The number of hydrogen-bond donors (Lipinski definition) is 1. The molecule has 0 aliphatic rings. The molecule has 1 rings (SSSR count). The van der Waals surface area contributed by atoms with Gasteiger partial charge in [0.2, 0.25) is 10.0 Å². The molecule has 0 amide bonds. The molecule has 1 N–H and O–H groups in total. The number of aliphatic hydroxyl groups excluding tert-OH is 1. The van der Waals surface area contributed by atoms with Crippen LogP contribution in [0.2, 0.25) is 0 Å². The number of sulfonamides is 1. The second-order valence-corrected chi connectivity index (χ2v) is 5.95. The van der Waals surface area contributed by atoms with Crippen molar-refractivity contribution in [3.63, 3.8) is 0 Å². The minimum Gasteiger partial charge on any atom is -0.391 e. The molecule has 0 radical (unpaired) electrons. The zero-order chi connectivity index (χ0) is 16.4. The van der Waals surface area contributed by atoms with Crippen LogP contribution in [0.25, 0.3) is 0 Å². The minimum absolute atomic E-state index is 0.0183. The Balaban J connectivity index is 3.36. The Bertz CT molecular complexity index is 615. The van der Waals surface area contributed by atoms with E-state index in [1.807, 2.05) is 0 Å². The van der Waals surface area contributed by atoms with Crippen molar-refractivity contribution in [3.05, 3.63) is 29.3 Å². The van der Waals surface area contributed by atoms with Gasteiger partial charge in [0.25, 0.3) is 0 Å². The fourth-order valence-corrected chi connectivity index (χ4v) is 3.15. The summed E-state index contributed by atoms with van der Waals surface area (Å²) in [7, 11) is -4.80. The highest BCUT2D eigenvalue weighted by molar-refractivity contribution is 7.89. The zero-order valence-electron chi connectivity index (χ0n) is 10.8. The Morgan fingerprint density at radius 2 is 1.81 bits per heavy atom. The highest BCUT2D eigenvalue weighted by Gasteiger charge is 2.37. The van der Waals surface area contributed by atoms with Crippen molar-refractivity contribution in [2.75, 3.05) is 13.1 Å². The lowest BCUT2D eigenvalue weighted by Gasteiger charge is -2.22. The molecule has 0 unspecified atom stereocenters. The van der Waals surface area contributed by atoms with E-state index in [0.29, 0.717) is 12.1 Å². The Labute approximate surface area is 117 Å². The van der Waals surface area contributed by atoms with E-state index in [1.165, 1.54) is 0 Å². The van der Waals surface area contributed by atoms with Crippen LogP contribution in [0.5, 0.6) is 0 Å². The van der Waals surface area contributed by atoms with E-state index >= 15 is 0 Å². The highest BCUT2D eigenvalue weighted by Crippen LogP contribution is 2.26. The second-order valence-electron chi connectivity index (χ2n) is 4.04. The number of nitrogens with zero attached hydrogens (tertiary/aromatic N) is 1. The molecule has 120 valence electrons. The molecule has 0 saturated carbocycles. The van der Waals surface area contributed by atoms with E-state index in [9.17, 15) is 30.4 Å². The van der Waals surface area contributed by atoms with Crippen LogP contribution in [0.4, 0.5) is 22.0 Å². The van der Waals surface area contributed by atoms with Crippen molar-refractivity contribution in [1.29, 1.82) is 0 Å². The van der Waals surface area contributed by atoms with Gasteiger partial charge in [-0.2, -0.15) is 17.5 Å². The van der Waals surface area contributed by atoms with E-state index in [1.54, 1.807) is 0 Å². The molecule has 1 aromatic carbocycles. The fourth-order valence-electron chi connectivity index (χ4n) is 1.63. The van der Waals surface area contributed by atoms with Gasteiger partial charge in [-0.25, -0.2) is 17.2 Å². The number of alkyl halides is 3. The topological polar surface area (TPSA) is 57.6 Å². The third-order valence-electron chi connectivity index (χ3n) is 2.63. The van der Waals surface area contributed by atoms with Crippen LogP contribution < -0.4 is 0 Å². The van der Waals surface area contributed by atoms with Gasteiger partial charge >= 0.3 is 6.18 Å². The quantitative estimate of drug-likeness (QED) is 0.839. The average molecular weight is 333 g/mol. The molecule has 0 heterocycles. The predicted octanol–water partition coefficient (Wildman–Crippen LogP) is 2.03. The zero-order valence-corrected chi connectivity index (χ0v) is 11.6. The summed E-state index contributed by atoms with van der Waals surface area (Å²) in [5, 5.41) is 8.80. The predicted molar refractivity (Wildman–Crippen MR) is 62.8 cm³/mol. The van der Waals surface area contributed by atoms with Gasteiger partial charge < -0.3 is 5.11 Å². The summed E-state index contributed by atoms with van der Waals surface area (Å²) in [4.78, 5) is -1.11. The van der Waals surface area contributed by atoms with Crippen molar-refractivity contribution in [1.82, 2.24) is 4.31 Å². The summed E-state index contributed by atoms with van der Waals surface area (Å²) in [6.07, 6.45) is -4.81. The normalized spacial score (nSPS) is 13.0. The lowest BCUT2D eigenvalue weighted by atomic mass is 10.2. The summed E-state index contributed by atoms with van der Waals surface area (Å²) >= 11 is 0. The molecule has 0 aliphatic heterocycles. The Morgan fingerprint density at radius 3 is 2.24 bits per heavy atom. The van der Waals surface area contributed by atoms with E-state index in [2.05, 4.69) is 0 Å². The van der Waals surface area contributed by atoms with E-state index in [-0.39, 0.29) is 4.31 Å². The Hall–Kier alpha value is -1.26. The first kappa shape index (κ1) is 17.8. The van der Waals surface area contributed by atoms with Crippen LogP contribution in [-0.2, 0) is 16.6 Å². The molecule has 0 aliphatic carbocycles. The van der Waals surface area contributed by atoms with Crippen LogP contribution >= 0.6 is 0 Å². The summed E-state index contributed by atoms with van der Waals surface area (Å²) in [6, 6.07) is 1.10. The van der Waals surface area contributed by atoms with Crippen LogP contribution in [0.15, 0.2) is 17.0 Å². The molecule has 21 heavy (non-hydrogen) atoms. The molecule has 0 bridgehead atoms. The van der Waals surface area contributed by atoms with Gasteiger partial charge in [0.05, 0.1) is 12.2 Å². The smallest absolute Gasteiger partial charge is 0.391 e. The Morgan fingerprint density at radius 1 is 1.24 bits per heavy atom. The first-order chi connectivity index (χ1) is 9.54. The molecule has 0 spiro atoms. The molecule has 4 nitrogen and oxygen atoms in total. The largest absolute Gasteiger partial charge is 0.402 e. The second kappa shape index (κ2) is 6.24. The minimum atomic E-state index is -4.81. The van der Waals surface area contributed by atoms with Crippen LogP contribution in [0.3, 0.4) is 0 Å². The summed E-state index contributed by atoms with van der Waals surface area (Å²) in [5.74, 6) is -2.79. The molecular formula is C11H12F5NO3S. The van der Waals surface area contributed by atoms with Crippen molar-refractivity contribution in [2.45, 2.75) is 24.6 Å². The van der Waals surface area contributed by atoms with E-state index < -0.39 is 58.0 Å². The summed E-state index contributed by atoms with van der Waals surface area (Å²) in [5.41, 5.74) is -0.917.